The first-order valence-corrected chi connectivity index (χ1v) is 10.2. The van der Waals surface area contributed by atoms with Crippen LogP contribution in [0.5, 0.6) is 5.75 Å². The van der Waals surface area contributed by atoms with E-state index in [1.54, 1.807) is 29.7 Å². The molecular weight excluding hydrogens is 422 g/mol. The van der Waals surface area contributed by atoms with Gasteiger partial charge in [0.05, 0.1) is 11.3 Å². The van der Waals surface area contributed by atoms with Crippen molar-refractivity contribution in [2.24, 2.45) is 0 Å². The van der Waals surface area contributed by atoms with E-state index in [9.17, 15) is 23.5 Å². The van der Waals surface area contributed by atoms with Crippen molar-refractivity contribution in [2.45, 2.75) is 32.4 Å². The van der Waals surface area contributed by atoms with E-state index < -0.39 is 17.7 Å². The van der Waals surface area contributed by atoms with E-state index in [-0.39, 0.29) is 42.1 Å². The Hall–Kier alpha value is -3.69. The third-order valence-electron chi connectivity index (χ3n) is 5.46. The zero-order valence-electron chi connectivity index (χ0n) is 17.3. The maximum atomic E-state index is 13.9. The summed E-state index contributed by atoms with van der Waals surface area (Å²) < 4.78 is 35.0. The topological polar surface area (TPSA) is 96.2 Å². The summed E-state index contributed by atoms with van der Waals surface area (Å²) in [6.07, 6.45) is 1.97. The van der Waals surface area contributed by atoms with Crippen molar-refractivity contribution in [2.75, 3.05) is 13.1 Å². The van der Waals surface area contributed by atoms with Crippen LogP contribution >= 0.6 is 0 Å². The quantitative estimate of drug-likeness (QED) is 0.629. The number of fused-ring (bicyclic) bond motifs is 1. The average molecular weight is 444 g/mol. The van der Waals surface area contributed by atoms with Crippen molar-refractivity contribution in [1.29, 1.82) is 0 Å². The number of imidazole rings is 1. The van der Waals surface area contributed by atoms with Gasteiger partial charge in [-0.1, -0.05) is 6.07 Å². The lowest BCUT2D eigenvalue weighted by Crippen LogP contribution is -2.49. The van der Waals surface area contributed by atoms with Gasteiger partial charge in [0.15, 0.2) is 11.4 Å². The number of nitrogens with zero attached hydrogens (tertiary/aromatic N) is 3. The molecule has 2 N–H and O–H groups in total. The van der Waals surface area contributed by atoms with Crippen molar-refractivity contribution >= 4 is 17.6 Å². The Labute approximate surface area is 182 Å². The normalized spacial score (nSPS) is 16.2. The zero-order chi connectivity index (χ0) is 22.8. The maximum absolute atomic E-state index is 13.9. The number of likely N-dealkylation sites (tertiary alicyclic amines) is 1. The predicted octanol–water partition coefficient (Wildman–Crippen LogP) is 3.37. The van der Waals surface area contributed by atoms with Gasteiger partial charge >= 0.3 is 6.09 Å². The maximum Gasteiger partial charge on any atom is 0.407 e. The summed E-state index contributed by atoms with van der Waals surface area (Å²) in [5.41, 5.74) is 0.871. The highest BCUT2D eigenvalue weighted by atomic mass is 19.1. The standard InChI is InChI=1S/C22H22F2N4O4/c1-13-19(21(29)26-14-5-3-9-27(11-14)22(30)31)28-10-4-8-18(20(28)25-13)32-12-15-16(23)6-2-7-17(15)24/h2,4,6-8,10,14H,3,5,9,11-12H2,1H3,(H,26,29)(H,30,31)/t14-/m0/s1. The van der Waals surface area contributed by atoms with Crippen LogP contribution < -0.4 is 10.1 Å². The van der Waals surface area contributed by atoms with Crippen LogP contribution in [0.2, 0.25) is 0 Å². The number of carbonyl (C=O) groups excluding carboxylic acids is 1. The van der Waals surface area contributed by atoms with Crippen LogP contribution in [0.4, 0.5) is 13.6 Å². The fraction of sp³-hybridized carbons (Fsp3) is 0.318. The van der Waals surface area contributed by atoms with E-state index in [0.717, 1.165) is 12.1 Å². The minimum Gasteiger partial charge on any atom is -0.485 e. The van der Waals surface area contributed by atoms with Crippen LogP contribution in [0.1, 0.15) is 34.6 Å². The fourth-order valence-electron chi connectivity index (χ4n) is 3.88. The zero-order valence-corrected chi connectivity index (χ0v) is 17.3. The molecule has 0 aliphatic carbocycles. The number of rotatable bonds is 5. The number of aromatic nitrogens is 2. The summed E-state index contributed by atoms with van der Waals surface area (Å²) in [7, 11) is 0. The summed E-state index contributed by atoms with van der Waals surface area (Å²) in [5, 5.41) is 12.1. The molecule has 2 amide bonds. The SMILES string of the molecule is Cc1nc2c(OCc3c(F)cccc3F)cccn2c1C(=O)N[C@H]1CCCN(C(=O)O)C1. The molecule has 4 rings (SSSR count). The van der Waals surface area contributed by atoms with Crippen LogP contribution in [0, 0.1) is 18.6 Å². The second-order valence-corrected chi connectivity index (χ2v) is 7.64. The molecule has 0 spiro atoms. The second kappa shape index (κ2) is 8.81. The Morgan fingerprint density at radius 3 is 2.72 bits per heavy atom. The van der Waals surface area contributed by atoms with Crippen LogP contribution in [0.3, 0.4) is 0 Å². The van der Waals surface area contributed by atoms with Crippen molar-refractivity contribution in [3.05, 3.63) is 65.1 Å². The first kappa shape index (κ1) is 21.5. The van der Waals surface area contributed by atoms with Crippen molar-refractivity contribution in [3.63, 3.8) is 0 Å². The first-order valence-electron chi connectivity index (χ1n) is 10.2. The van der Waals surface area contributed by atoms with Gasteiger partial charge in [0.1, 0.15) is 23.9 Å². The van der Waals surface area contributed by atoms with Crippen LogP contribution in [0.25, 0.3) is 5.65 Å². The van der Waals surface area contributed by atoms with E-state index in [1.807, 2.05) is 0 Å². The largest absolute Gasteiger partial charge is 0.485 e. The molecular formula is C22H22F2N4O4. The smallest absolute Gasteiger partial charge is 0.407 e. The minimum atomic E-state index is -1.01. The Morgan fingerprint density at radius 1 is 1.25 bits per heavy atom. The van der Waals surface area contributed by atoms with Gasteiger partial charge in [-0.15, -0.1) is 0 Å². The average Bonchev–Trinajstić information content (AvgIpc) is 3.10. The molecule has 1 atom stereocenters. The summed E-state index contributed by atoms with van der Waals surface area (Å²) in [6, 6.07) is 6.53. The van der Waals surface area contributed by atoms with Gasteiger partial charge in [0.2, 0.25) is 0 Å². The summed E-state index contributed by atoms with van der Waals surface area (Å²) in [4.78, 5) is 29.9. The van der Waals surface area contributed by atoms with Gasteiger partial charge in [0, 0.05) is 25.3 Å². The third-order valence-corrected chi connectivity index (χ3v) is 5.46. The Bertz CT molecular complexity index is 1160. The number of carbonyl (C=O) groups is 2. The number of carboxylic acid groups (broad SMARTS) is 1. The Morgan fingerprint density at radius 2 is 2.00 bits per heavy atom. The second-order valence-electron chi connectivity index (χ2n) is 7.64. The van der Waals surface area contributed by atoms with Gasteiger partial charge in [-0.25, -0.2) is 18.6 Å². The number of amides is 2. The lowest BCUT2D eigenvalue weighted by molar-refractivity contribution is 0.0882. The van der Waals surface area contributed by atoms with Crippen LogP contribution in [0.15, 0.2) is 36.5 Å². The summed E-state index contributed by atoms with van der Waals surface area (Å²) in [5.74, 6) is -1.53. The van der Waals surface area contributed by atoms with E-state index >= 15 is 0 Å². The molecule has 1 fully saturated rings. The number of hydrogen-bond donors (Lipinski definition) is 2. The van der Waals surface area contributed by atoms with Crippen molar-refractivity contribution in [3.8, 4) is 5.75 Å². The highest BCUT2D eigenvalue weighted by molar-refractivity contribution is 5.95. The van der Waals surface area contributed by atoms with Gasteiger partial charge in [-0.3, -0.25) is 9.20 Å². The molecule has 8 nitrogen and oxygen atoms in total. The van der Waals surface area contributed by atoms with Crippen LogP contribution in [-0.4, -0.2) is 50.5 Å². The number of nitrogens with one attached hydrogen (secondary N) is 1. The summed E-state index contributed by atoms with van der Waals surface area (Å²) >= 11 is 0. The highest BCUT2D eigenvalue weighted by Crippen LogP contribution is 2.24. The number of pyridine rings is 1. The molecule has 2 aromatic heterocycles. The Kier molecular flexibility index (Phi) is 5.93. The van der Waals surface area contributed by atoms with E-state index in [0.29, 0.717) is 30.7 Å². The molecule has 1 aliphatic rings. The predicted molar refractivity (Wildman–Crippen MR) is 111 cm³/mol. The number of benzene rings is 1. The molecule has 1 aliphatic heterocycles. The molecule has 0 radical (unpaired) electrons. The molecule has 10 heteroatoms. The Balaban J connectivity index is 1.55. The van der Waals surface area contributed by atoms with Crippen LogP contribution in [-0.2, 0) is 6.61 Å². The molecule has 0 unspecified atom stereocenters. The number of halogens is 2. The first-order chi connectivity index (χ1) is 15.3. The number of piperidine rings is 1. The molecule has 168 valence electrons. The fourth-order valence-corrected chi connectivity index (χ4v) is 3.88. The molecule has 1 aromatic carbocycles. The van der Waals surface area contributed by atoms with Gasteiger partial charge < -0.3 is 20.1 Å². The van der Waals surface area contributed by atoms with Gasteiger partial charge in [0.25, 0.3) is 5.91 Å². The monoisotopic (exact) mass is 444 g/mol. The van der Waals surface area contributed by atoms with Crippen molar-refractivity contribution in [1.82, 2.24) is 19.6 Å². The van der Waals surface area contributed by atoms with Crippen molar-refractivity contribution < 1.29 is 28.2 Å². The lowest BCUT2D eigenvalue weighted by Gasteiger charge is -2.31. The molecule has 0 bridgehead atoms. The molecule has 1 saturated heterocycles. The number of hydrogen-bond acceptors (Lipinski definition) is 4. The lowest BCUT2D eigenvalue weighted by atomic mass is 10.1. The molecule has 32 heavy (non-hydrogen) atoms. The molecule has 3 aromatic rings. The molecule has 3 heterocycles. The van der Waals surface area contributed by atoms with Gasteiger partial charge in [-0.05, 0) is 44.0 Å². The summed E-state index contributed by atoms with van der Waals surface area (Å²) in [6.45, 7) is 2.00. The number of ether oxygens (including phenoxy) is 1. The third kappa shape index (κ3) is 4.20. The van der Waals surface area contributed by atoms with E-state index in [1.165, 1.54) is 11.0 Å². The van der Waals surface area contributed by atoms with E-state index in [2.05, 4.69) is 10.3 Å². The molecule has 0 saturated carbocycles. The minimum absolute atomic E-state index is 0.198. The van der Waals surface area contributed by atoms with E-state index in [4.69, 9.17) is 4.74 Å². The van der Waals surface area contributed by atoms with Gasteiger partial charge in [-0.2, -0.15) is 0 Å². The number of aryl methyl sites for hydroxylation is 1. The highest BCUT2D eigenvalue weighted by Gasteiger charge is 2.27.